The van der Waals surface area contributed by atoms with Crippen molar-refractivity contribution < 1.29 is 9.21 Å². The van der Waals surface area contributed by atoms with E-state index in [1.165, 1.54) is 6.20 Å². The number of nitrogens with zero attached hydrogens (tertiary/aromatic N) is 3. The van der Waals surface area contributed by atoms with Crippen molar-refractivity contribution in [1.29, 1.82) is 0 Å². The van der Waals surface area contributed by atoms with E-state index in [-0.39, 0.29) is 17.5 Å². The molecule has 2 unspecified atom stereocenters. The highest BCUT2D eigenvalue weighted by Crippen LogP contribution is 2.32. The molecule has 146 valence electrons. The Bertz CT molecular complexity index is 1030. The number of fused-ring (bicyclic) bond motifs is 1. The van der Waals surface area contributed by atoms with Crippen molar-refractivity contribution in [3.63, 3.8) is 0 Å². The largest absolute Gasteiger partial charge is 0.438 e. The predicted molar refractivity (Wildman–Crippen MR) is 110 cm³/mol. The van der Waals surface area contributed by atoms with E-state index in [0.29, 0.717) is 34.3 Å². The van der Waals surface area contributed by atoms with Crippen LogP contribution in [0.3, 0.4) is 0 Å². The second-order valence-corrected chi connectivity index (χ2v) is 7.63. The number of furan rings is 1. The molecule has 1 saturated heterocycles. The van der Waals surface area contributed by atoms with Crippen LogP contribution < -0.4 is 21.7 Å². The van der Waals surface area contributed by atoms with Crippen molar-refractivity contribution >= 4 is 45.9 Å². The Labute approximate surface area is 166 Å². The van der Waals surface area contributed by atoms with Crippen LogP contribution in [0, 0.1) is 5.92 Å². The van der Waals surface area contributed by atoms with Crippen molar-refractivity contribution in [2.75, 3.05) is 29.0 Å². The third-order valence-corrected chi connectivity index (χ3v) is 5.04. The zero-order valence-electron chi connectivity index (χ0n) is 15.4. The number of hydrogen-bond donors (Lipinski definition) is 3. The Kier molecular flexibility index (Phi) is 4.82. The number of pyridine rings is 2. The summed E-state index contributed by atoms with van der Waals surface area (Å²) in [5, 5.41) is 3.29. The molecule has 5 N–H and O–H groups in total. The van der Waals surface area contributed by atoms with Crippen LogP contribution in [0.5, 0.6) is 0 Å². The van der Waals surface area contributed by atoms with Gasteiger partial charge in [0.1, 0.15) is 11.1 Å². The monoisotopic (exact) mass is 400 g/mol. The van der Waals surface area contributed by atoms with Crippen LogP contribution in [0.25, 0.3) is 11.1 Å². The smallest absolute Gasteiger partial charge is 0.263 e. The van der Waals surface area contributed by atoms with Crippen LogP contribution in [0.15, 0.2) is 35.1 Å². The molecule has 4 heterocycles. The van der Waals surface area contributed by atoms with Gasteiger partial charge in [-0.25, -0.2) is 0 Å². The third kappa shape index (κ3) is 3.48. The highest BCUT2D eigenvalue weighted by molar-refractivity contribution is 6.31. The maximum Gasteiger partial charge on any atom is 0.263 e. The molecular weight excluding hydrogens is 380 g/mol. The van der Waals surface area contributed by atoms with E-state index in [1.807, 2.05) is 6.07 Å². The summed E-state index contributed by atoms with van der Waals surface area (Å²) in [7, 11) is 0. The Balaban J connectivity index is 1.65. The number of piperidine rings is 1. The molecule has 1 aliphatic heterocycles. The van der Waals surface area contributed by atoms with Gasteiger partial charge >= 0.3 is 0 Å². The average Bonchev–Trinajstić information content (AvgIpc) is 2.96. The van der Waals surface area contributed by atoms with Gasteiger partial charge in [0.05, 0.1) is 22.6 Å². The summed E-state index contributed by atoms with van der Waals surface area (Å²) in [5.41, 5.74) is 14.4. The minimum Gasteiger partial charge on any atom is -0.438 e. The quantitative estimate of drug-likeness (QED) is 0.617. The van der Waals surface area contributed by atoms with Crippen LogP contribution in [0.2, 0.25) is 5.02 Å². The van der Waals surface area contributed by atoms with Gasteiger partial charge in [0.2, 0.25) is 5.88 Å². The molecule has 2 atom stereocenters. The van der Waals surface area contributed by atoms with E-state index in [1.54, 1.807) is 18.5 Å². The summed E-state index contributed by atoms with van der Waals surface area (Å²) >= 11 is 5.93. The van der Waals surface area contributed by atoms with Gasteiger partial charge in [-0.15, -0.1) is 0 Å². The first-order chi connectivity index (χ1) is 13.4. The third-order valence-electron chi connectivity index (χ3n) is 4.83. The molecule has 1 aliphatic rings. The summed E-state index contributed by atoms with van der Waals surface area (Å²) < 4.78 is 5.44. The van der Waals surface area contributed by atoms with Crippen LogP contribution >= 0.6 is 11.6 Å². The van der Waals surface area contributed by atoms with E-state index >= 15 is 0 Å². The molecule has 28 heavy (non-hydrogen) atoms. The van der Waals surface area contributed by atoms with Crippen molar-refractivity contribution in [1.82, 2.24) is 9.97 Å². The highest BCUT2D eigenvalue weighted by Gasteiger charge is 2.26. The number of nitrogens with one attached hydrogen (secondary N) is 1. The average molecular weight is 401 g/mol. The lowest BCUT2D eigenvalue weighted by molar-refractivity contribution is 0.102. The molecule has 1 fully saturated rings. The number of nitrogen functional groups attached to an aromatic ring is 1. The Hall–Kier alpha value is -2.84. The fraction of sp³-hybridized carbons (Fsp3) is 0.316. The maximum absolute atomic E-state index is 13.0. The lowest BCUT2D eigenvalue weighted by atomic mass is 9.96. The van der Waals surface area contributed by atoms with Crippen LogP contribution in [0.1, 0.15) is 23.7 Å². The van der Waals surface area contributed by atoms with Crippen molar-refractivity contribution in [2.24, 2.45) is 11.7 Å². The van der Waals surface area contributed by atoms with Gasteiger partial charge in [-0.2, -0.15) is 0 Å². The summed E-state index contributed by atoms with van der Waals surface area (Å²) in [4.78, 5) is 23.5. The molecule has 9 heteroatoms. The van der Waals surface area contributed by atoms with Crippen LogP contribution in [0.4, 0.5) is 17.3 Å². The molecule has 0 aliphatic carbocycles. The number of rotatable bonds is 3. The van der Waals surface area contributed by atoms with Gasteiger partial charge < -0.3 is 26.1 Å². The zero-order chi connectivity index (χ0) is 19.8. The zero-order valence-corrected chi connectivity index (χ0v) is 16.1. The van der Waals surface area contributed by atoms with E-state index in [9.17, 15) is 4.79 Å². The normalized spacial score (nSPS) is 19.8. The number of carbonyl (C=O) groups is 1. The van der Waals surface area contributed by atoms with Gasteiger partial charge in [-0.3, -0.25) is 14.8 Å². The second-order valence-electron chi connectivity index (χ2n) is 7.19. The summed E-state index contributed by atoms with van der Waals surface area (Å²) in [5.74, 6) is 0.0267. The maximum atomic E-state index is 13.0. The van der Waals surface area contributed by atoms with Crippen LogP contribution in [-0.4, -0.2) is 35.0 Å². The standard InChI is InChI=1S/C19H21ClN6O2/c1-10-4-12(21)9-26(8-10)14-2-3-23-7-13(14)25-19(27)16-17-15(28-18(16)22)5-11(20)6-24-17/h2-3,5-7,10,12H,4,8-9,21-22H2,1H3,(H,25,27). The molecule has 3 aromatic heterocycles. The molecule has 1 amide bonds. The fourth-order valence-corrected chi connectivity index (χ4v) is 3.88. The van der Waals surface area contributed by atoms with Gasteiger partial charge in [0, 0.05) is 37.6 Å². The van der Waals surface area contributed by atoms with E-state index in [4.69, 9.17) is 27.5 Å². The Morgan fingerprint density at radius 2 is 2.21 bits per heavy atom. The molecule has 4 rings (SSSR count). The van der Waals surface area contributed by atoms with E-state index in [2.05, 4.69) is 27.1 Å². The number of carbonyl (C=O) groups excluding carboxylic acids is 1. The molecular formula is C19H21ClN6O2. The summed E-state index contributed by atoms with van der Waals surface area (Å²) in [6.07, 6.45) is 5.73. The van der Waals surface area contributed by atoms with Gasteiger partial charge in [-0.1, -0.05) is 18.5 Å². The molecule has 8 nitrogen and oxygen atoms in total. The van der Waals surface area contributed by atoms with Gasteiger partial charge in [0.25, 0.3) is 5.91 Å². The fourth-order valence-electron chi connectivity index (χ4n) is 3.73. The number of amides is 1. The lowest BCUT2D eigenvalue weighted by Gasteiger charge is -2.37. The second kappa shape index (κ2) is 7.29. The molecule has 0 spiro atoms. The minimum absolute atomic E-state index is 0.0127. The first-order valence-corrected chi connectivity index (χ1v) is 9.39. The molecule has 0 bridgehead atoms. The number of nitrogens with two attached hydrogens (primary N) is 2. The lowest BCUT2D eigenvalue weighted by Crippen LogP contribution is -2.46. The SMILES string of the molecule is CC1CC(N)CN(c2ccncc2NC(=O)c2c(N)oc3cc(Cl)cnc23)C1. The molecule has 3 aromatic rings. The number of aromatic nitrogens is 2. The van der Waals surface area contributed by atoms with E-state index in [0.717, 1.165) is 18.7 Å². The predicted octanol–water partition coefficient (Wildman–Crippen LogP) is 2.88. The summed E-state index contributed by atoms with van der Waals surface area (Å²) in [6.45, 7) is 3.74. The number of anilines is 3. The minimum atomic E-state index is -0.422. The first-order valence-electron chi connectivity index (χ1n) is 9.01. The van der Waals surface area contributed by atoms with Crippen LogP contribution in [-0.2, 0) is 0 Å². The topological polar surface area (TPSA) is 123 Å². The number of halogens is 1. The van der Waals surface area contributed by atoms with Gasteiger partial charge in [0.15, 0.2) is 5.58 Å². The van der Waals surface area contributed by atoms with Gasteiger partial charge in [-0.05, 0) is 18.4 Å². The van der Waals surface area contributed by atoms with Crippen molar-refractivity contribution in [2.45, 2.75) is 19.4 Å². The Morgan fingerprint density at radius 3 is 3.00 bits per heavy atom. The van der Waals surface area contributed by atoms with Crippen molar-refractivity contribution in [3.05, 3.63) is 41.3 Å². The van der Waals surface area contributed by atoms with E-state index < -0.39 is 5.91 Å². The molecule has 0 radical (unpaired) electrons. The highest BCUT2D eigenvalue weighted by atomic mass is 35.5. The molecule has 0 aromatic carbocycles. The Morgan fingerprint density at radius 1 is 1.39 bits per heavy atom. The molecule has 0 saturated carbocycles. The summed E-state index contributed by atoms with van der Waals surface area (Å²) in [6, 6.07) is 3.53. The first kappa shape index (κ1) is 18.5. The van der Waals surface area contributed by atoms with Crippen molar-refractivity contribution in [3.8, 4) is 0 Å². The number of hydrogen-bond acceptors (Lipinski definition) is 7.